The smallest absolute Gasteiger partial charge is 0.185 e. The molecule has 0 radical (unpaired) electrons. The van der Waals surface area contributed by atoms with Gasteiger partial charge in [-0.3, -0.25) is 10.2 Å². The highest BCUT2D eigenvalue weighted by Crippen LogP contribution is 2.20. The van der Waals surface area contributed by atoms with Gasteiger partial charge < -0.3 is 4.74 Å². The second-order valence-corrected chi connectivity index (χ2v) is 8.16. The first-order valence-electron chi connectivity index (χ1n) is 7.27. The van der Waals surface area contributed by atoms with E-state index in [1.54, 1.807) is 43.5 Å². The predicted molar refractivity (Wildman–Crippen MR) is 100 cm³/mol. The van der Waals surface area contributed by atoms with Crippen LogP contribution in [0.3, 0.4) is 0 Å². The third-order valence-electron chi connectivity index (χ3n) is 3.13. The SMILES string of the molecule is COc1ccc(NN=CC(=O)CSc2ccc(S(C)(=O)=O)cc2)cc1. The highest BCUT2D eigenvalue weighted by atomic mass is 32.2. The van der Waals surface area contributed by atoms with Gasteiger partial charge in [0.1, 0.15) is 5.75 Å². The molecule has 2 rings (SSSR count). The van der Waals surface area contributed by atoms with Gasteiger partial charge in [-0.15, -0.1) is 11.8 Å². The first-order valence-corrected chi connectivity index (χ1v) is 10.1. The molecule has 0 aromatic heterocycles. The van der Waals surface area contributed by atoms with Gasteiger partial charge >= 0.3 is 0 Å². The predicted octanol–water partition coefficient (Wildman–Crippen LogP) is 2.86. The molecule has 0 aliphatic carbocycles. The summed E-state index contributed by atoms with van der Waals surface area (Å²) >= 11 is 1.32. The zero-order chi connectivity index (χ0) is 18.3. The fraction of sp³-hybridized carbons (Fsp3) is 0.176. The number of hydrazone groups is 1. The minimum absolute atomic E-state index is 0.154. The van der Waals surface area contributed by atoms with Crippen molar-refractivity contribution < 1.29 is 17.9 Å². The Bertz CT molecular complexity index is 845. The van der Waals surface area contributed by atoms with Crippen LogP contribution in [0.15, 0.2) is 63.4 Å². The highest BCUT2D eigenvalue weighted by Gasteiger charge is 2.07. The number of carbonyl (C=O) groups excluding carboxylic acids is 1. The number of carbonyl (C=O) groups is 1. The summed E-state index contributed by atoms with van der Waals surface area (Å²) in [4.78, 5) is 12.9. The molecular weight excluding hydrogens is 360 g/mol. The van der Waals surface area contributed by atoms with E-state index >= 15 is 0 Å². The molecule has 0 unspecified atom stereocenters. The van der Waals surface area contributed by atoms with Gasteiger partial charge in [-0.1, -0.05) is 0 Å². The van der Waals surface area contributed by atoms with Crippen molar-refractivity contribution in [1.82, 2.24) is 0 Å². The van der Waals surface area contributed by atoms with Crippen LogP contribution in [-0.4, -0.2) is 39.5 Å². The fourth-order valence-corrected chi connectivity index (χ4v) is 3.16. The minimum atomic E-state index is -3.21. The molecule has 0 atom stereocenters. The number of methoxy groups -OCH3 is 1. The van der Waals surface area contributed by atoms with E-state index in [0.717, 1.165) is 22.6 Å². The number of hydrogen-bond acceptors (Lipinski definition) is 7. The van der Waals surface area contributed by atoms with E-state index in [2.05, 4.69) is 10.5 Å². The quantitative estimate of drug-likeness (QED) is 0.432. The Morgan fingerprint density at radius 3 is 2.36 bits per heavy atom. The van der Waals surface area contributed by atoms with Gasteiger partial charge in [0.05, 0.1) is 29.7 Å². The van der Waals surface area contributed by atoms with E-state index in [9.17, 15) is 13.2 Å². The average Bonchev–Trinajstić information content (AvgIpc) is 2.60. The summed E-state index contributed by atoms with van der Waals surface area (Å²) in [6, 6.07) is 13.6. The molecule has 0 saturated carbocycles. The zero-order valence-electron chi connectivity index (χ0n) is 13.8. The van der Waals surface area contributed by atoms with Crippen LogP contribution in [0.5, 0.6) is 5.75 Å². The lowest BCUT2D eigenvalue weighted by Gasteiger charge is -2.02. The van der Waals surface area contributed by atoms with E-state index in [1.165, 1.54) is 30.1 Å². The van der Waals surface area contributed by atoms with Crippen molar-refractivity contribution in [3.63, 3.8) is 0 Å². The van der Waals surface area contributed by atoms with E-state index in [-0.39, 0.29) is 16.4 Å². The first-order chi connectivity index (χ1) is 11.9. The standard InChI is InChI=1S/C17H18N2O4S2/c1-23-15-5-3-13(4-6-15)19-18-11-14(20)12-24-16-7-9-17(10-8-16)25(2,21)22/h3-11,19H,12H2,1-2H3. The van der Waals surface area contributed by atoms with Crippen LogP contribution >= 0.6 is 11.8 Å². The summed E-state index contributed by atoms with van der Waals surface area (Å²) in [6.07, 6.45) is 2.38. The maximum atomic E-state index is 11.8. The number of anilines is 1. The molecule has 2 aromatic carbocycles. The Morgan fingerprint density at radius 1 is 1.16 bits per heavy atom. The summed E-state index contributed by atoms with van der Waals surface area (Å²) in [5.74, 6) is 0.800. The van der Waals surface area contributed by atoms with E-state index < -0.39 is 9.84 Å². The van der Waals surface area contributed by atoms with E-state index in [4.69, 9.17) is 4.74 Å². The van der Waals surface area contributed by atoms with E-state index in [0.29, 0.717) is 0 Å². The summed E-state index contributed by atoms with van der Waals surface area (Å²) in [5, 5.41) is 3.90. The number of nitrogens with zero attached hydrogens (tertiary/aromatic N) is 1. The van der Waals surface area contributed by atoms with Crippen molar-refractivity contribution in [1.29, 1.82) is 0 Å². The Hall–Kier alpha value is -2.32. The van der Waals surface area contributed by atoms with E-state index in [1.807, 2.05) is 0 Å². The van der Waals surface area contributed by atoms with Crippen LogP contribution in [-0.2, 0) is 14.6 Å². The van der Waals surface area contributed by atoms with Gasteiger partial charge in [0, 0.05) is 11.2 Å². The second kappa shape index (κ2) is 8.68. The van der Waals surface area contributed by atoms with Crippen LogP contribution in [0, 0.1) is 0 Å². The molecule has 0 aliphatic heterocycles. The molecule has 8 heteroatoms. The van der Waals surface area contributed by atoms with Gasteiger partial charge in [0.2, 0.25) is 0 Å². The number of thioether (sulfide) groups is 1. The molecular formula is C17H18N2O4S2. The second-order valence-electron chi connectivity index (χ2n) is 5.10. The Balaban J connectivity index is 1.81. The monoisotopic (exact) mass is 378 g/mol. The molecule has 0 bridgehead atoms. The van der Waals surface area contributed by atoms with Crippen molar-refractivity contribution in [3.8, 4) is 5.75 Å². The van der Waals surface area contributed by atoms with Crippen molar-refractivity contribution in [2.75, 3.05) is 24.5 Å². The average molecular weight is 378 g/mol. The van der Waals surface area contributed by atoms with Crippen molar-refractivity contribution in [2.24, 2.45) is 5.10 Å². The molecule has 6 nitrogen and oxygen atoms in total. The normalized spacial score (nSPS) is 11.4. The number of ketones is 1. The van der Waals surface area contributed by atoms with Gasteiger partial charge in [0.15, 0.2) is 15.6 Å². The summed E-state index contributed by atoms with van der Waals surface area (Å²) in [6.45, 7) is 0. The van der Waals surface area contributed by atoms with Crippen molar-refractivity contribution in [2.45, 2.75) is 9.79 Å². The van der Waals surface area contributed by atoms with Crippen LogP contribution in [0.1, 0.15) is 0 Å². The van der Waals surface area contributed by atoms with Gasteiger partial charge in [-0.2, -0.15) is 5.10 Å². The molecule has 0 fully saturated rings. The maximum Gasteiger partial charge on any atom is 0.185 e. The summed E-state index contributed by atoms with van der Waals surface area (Å²) < 4.78 is 27.8. The van der Waals surface area contributed by atoms with Crippen molar-refractivity contribution in [3.05, 3.63) is 48.5 Å². The lowest BCUT2D eigenvalue weighted by molar-refractivity contribution is -0.110. The highest BCUT2D eigenvalue weighted by molar-refractivity contribution is 8.00. The van der Waals surface area contributed by atoms with Crippen LogP contribution in [0.25, 0.3) is 0 Å². The number of Topliss-reactive ketones (excluding diaryl/α,β-unsaturated/α-hetero) is 1. The molecule has 1 N–H and O–H groups in total. The van der Waals surface area contributed by atoms with Crippen molar-refractivity contribution >= 4 is 39.3 Å². The Kier molecular flexibility index (Phi) is 6.60. The lowest BCUT2D eigenvalue weighted by Crippen LogP contribution is -2.04. The third kappa shape index (κ3) is 6.24. The van der Waals surface area contributed by atoms with Gasteiger partial charge in [-0.25, -0.2) is 8.42 Å². The Labute approximate surface area is 151 Å². The van der Waals surface area contributed by atoms with Gasteiger partial charge in [0.25, 0.3) is 0 Å². The third-order valence-corrected chi connectivity index (χ3v) is 5.29. The first kappa shape index (κ1) is 19.0. The molecule has 132 valence electrons. The number of hydrogen-bond donors (Lipinski definition) is 1. The topological polar surface area (TPSA) is 84.8 Å². The molecule has 0 saturated heterocycles. The molecule has 0 heterocycles. The number of rotatable bonds is 8. The molecule has 0 amide bonds. The number of ether oxygens (including phenoxy) is 1. The maximum absolute atomic E-state index is 11.8. The lowest BCUT2D eigenvalue weighted by atomic mass is 10.3. The van der Waals surface area contributed by atoms with Gasteiger partial charge in [-0.05, 0) is 48.5 Å². The van der Waals surface area contributed by atoms with Crippen LogP contribution in [0.2, 0.25) is 0 Å². The van der Waals surface area contributed by atoms with Crippen LogP contribution in [0.4, 0.5) is 5.69 Å². The fourth-order valence-electron chi connectivity index (χ4n) is 1.82. The zero-order valence-corrected chi connectivity index (χ0v) is 15.4. The number of benzene rings is 2. The molecule has 25 heavy (non-hydrogen) atoms. The number of nitrogens with one attached hydrogen (secondary N) is 1. The molecule has 0 aliphatic rings. The van der Waals surface area contributed by atoms with Crippen LogP contribution < -0.4 is 10.2 Å². The largest absolute Gasteiger partial charge is 0.497 e. The minimum Gasteiger partial charge on any atom is -0.497 e. The molecule has 2 aromatic rings. The molecule has 0 spiro atoms. The summed E-state index contributed by atoms with van der Waals surface area (Å²) in [7, 11) is -1.62. The summed E-state index contributed by atoms with van der Waals surface area (Å²) in [5.41, 5.74) is 3.51. The number of sulfone groups is 1. The Morgan fingerprint density at radius 2 is 1.80 bits per heavy atom.